The first-order chi connectivity index (χ1) is 10.3. The largest absolute Gasteiger partial charge is 0.339 e. The molecule has 1 fully saturated rings. The van der Waals surface area contributed by atoms with Crippen LogP contribution in [0.3, 0.4) is 0 Å². The van der Waals surface area contributed by atoms with E-state index < -0.39 is 0 Å². The highest BCUT2D eigenvalue weighted by molar-refractivity contribution is 6.31. The molecular weight excluding hydrogens is 286 g/mol. The first-order valence-corrected chi connectivity index (χ1v) is 7.87. The van der Waals surface area contributed by atoms with Gasteiger partial charge in [-0.15, -0.1) is 0 Å². The minimum atomic E-state index is 0.405. The summed E-state index contributed by atoms with van der Waals surface area (Å²) in [7, 11) is 2.03. The molecule has 1 aliphatic rings. The summed E-state index contributed by atoms with van der Waals surface area (Å²) >= 11 is 6.17. The van der Waals surface area contributed by atoms with Crippen LogP contribution >= 0.6 is 11.6 Å². The van der Waals surface area contributed by atoms with Crippen LogP contribution in [0.1, 0.15) is 48.9 Å². The fraction of sp³-hybridized carbons (Fsp3) is 0.500. The van der Waals surface area contributed by atoms with Crippen molar-refractivity contribution >= 4 is 11.6 Å². The lowest BCUT2D eigenvalue weighted by Gasteiger charge is -2.25. The molecule has 0 unspecified atom stereocenters. The van der Waals surface area contributed by atoms with Gasteiger partial charge in [0.05, 0.1) is 0 Å². The molecule has 21 heavy (non-hydrogen) atoms. The van der Waals surface area contributed by atoms with Crippen LogP contribution in [0.5, 0.6) is 0 Å². The van der Waals surface area contributed by atoms with E-state index >= 15 is 0 Å². The van der Waals surface area contributed by atoms with Crippen LogP contribution in [-0.2, 0) is 6.42 Å². The lowest BCUT2D eigenvalue weighted by atomic mass is 9.86. The van der Waals surface area contributed by atoms with E-state index in [-0.39, 0.29) is 0 Å². The van der Waals surface area contributed by atoms with Crippen LogP contribution in [0.25, 0.3) is 0 Å². The van der Waals surface area contributed by atoms with Crippen LogP contribution in [0.4, 0.5) is 0 Å². The van der Waals surface area contributed by atoms with E-state index in [0.717, 1.165) is 29.3 Å². The molecular formula is C16H20ClN3O. The normalized spacial score (nSPS) is 22.4. The highest BCUT2D eigenvalue weighted by Crippen LogP contribution is 2.32. The van der Waals surface area contributed by atoms with Gasteiger partial charge in [0.2, 0.25) is 5.89 Å². The smallest absolute Gasteiger partial charge is 0.229 e. The number of nitrogens with one attached hydrogen (secondary N) is 1. The minimum absolute atomic E-state index is 0.405. The standard InChI is InChI=1S/C16H20ClN3O/c1-18-13-8-6-11(7-9-13)16-19-15(20-21-16)10-12-4-2-3-5-14(12)17/h2-5,11,13,18H,6-10H2,1H3. The zero-order chi connectivity index (χ0) is 14.7. The molecule has 1 aromatic heterocycles. The van der Waals surface area contributed by atoms with Crippen molar-refractivity contribution in [1.29, 1.82) is 0 Å². The van der Waals surface area contributed by atoms with Crippen molar-refractivity contribution in [2.45, 2.75) is 44.1 Å². The van der Waals surface area contributed by atoms with Crippen LogP contribution in [-0.4, -0.2) is 23.2 Å². The van der Waals surface area contributed by atoms with Crippen molar-refractivity contribution in [3.63, 3.8) is 0 Å². The Hall–Kier alpha value is -1.39. The Kier molecular flexibility index (Phi) is 4.56. The summed E-state index contributed by atoms with van der Waals surface area (Å²) in [5.41, 5.74) is 1.03. The first kappa shape index (κ1) is 14.5. The number of benzene rings is 1. The third kappa shape index (κ3) is 3.44. The molecule has 1 saturated carbocycles. The zero-order valence-electron chi connectivity index (χ0n) is 12.2. The van der Waals surface area contributed by atoms with Gasteiger partial charge in [0.15, 0.2) is 5.82 Å². The van der Waals surface area contributed by atoms with Gasteiger partial charge in [-0.25, -0.2) is 0 Å². The number of halogens is 1. The molecule has 1 aliphatic carbocycles. The fourth-order valence-electron chi connectivity index (χ4n) is 2.95. The monoisotopic (exact) mass is 305 g/mol. The van der Waals surface area contributed by atoms with E-state index in [9.17, 15) is 0 Å². The van der Waals surface area contributed by atoms with Gasteiger partial charge in [-0.2, -0.15) is 4.98 Å². The topological polar surface area (TPSA) is 51.0 Å². The number of aromatic nitrogens is 2. The summed E-state index contributed by atoms with van der Waals surface area (Å²) in [4.78, 5) is 4.56. The van der Waals surface area contributed by atoms with Gasteiger partial charge >= 0.3 is 0 Å². The Labute approximate surface area is 129 Å². The van der Waals surface area contributed by atoms with Crippen molar-refractivity contribution in [2.24, 2.45) is 0 Å². The van der Waals surface area contributed by atoms with Crippen LogP contribution in [0, 0.1) is 0 Å². The molecule has 0 bridgehead atoms. The van der Waals surface area contributed by atoms with E-state index in [0.29, 0.717) is 24.2 Å². The Balaban J connectivity index is 1.65. The molecule has 1 aromatic carbocycles. The maximum absolute atomic E-state index is 6.17. The third-order valence-electron chi connectivity index (χ3n) is 4.27. The molecule has 112 valence electrons. The average molecular weight is 306 g/mol. The number of hydrogen-bond donors (Lipinski definition) is 1. The fourth-order valence-corrected chi connectivity index (χ4v) is 3.15. The van der Waals surface area contributed by atoms with Crippen molar-refractivity contribution < 1.29 is 4.52 Å². The van der Waals surface area contributed by atoms with Gasteiger partial charge in [0.1, 0.15) is 0 Å². The third-order valence-corrected chi connectivity index (χ3v) is 4.64. The minimum Gasteiger partial charge on any atom is -0.339 e. The Bertz CT molecular complexity index is 591. The van der Waals surface area contributed by atoms with E-state index in [1.165, 1.54) is 12.8 Å². The van der Waals surface area contributed by atoms with Crippen LogP contribution < -0.4 is 5.32 Å². The summed E-state index contributed by atoms with van der Waals surface area (Å²) in [5.74, 6) is 1.91. The average Bonchev–Trinajstić information content (AvgIpc) is 2.98. The molecule has 0 radical (unpaired) electrons. The molecule has 4 nitrogen and oxygen atoms in total. The highest BCUT2D eigenvalue weighted by atomic mass is 35.5. The van der Waals surface area contributed by atoms with Gasteiger partial charge in [-0.3, -0.25) is 0 Å². The summed E-state index contributed by atoms with van der Waals surface area (Å²) in [5, 5.41) is 8.19. The molecule has 0 spiro atoms. The van der Waals surface area contributed by atoms with E-state index in [1.807, 2.05) is 31.3 Å². The van der Waals surface area contributed by atoms with Crippen molar-refractivity contribution in [3.8, 4) is 0 Å². The number of hydrogen-bond acceptors (Lipinski definition) is 4. The van der Waals surface area contributed by atoms with Crippen LogP contribution in [0.2, 0.25) is 5.02 Å². The second kappa shape index (κ2) is 6.58. The van der Waals surface area contributed by atoms with Gasteiger partial charge in [-0.05, 0) is 44.4 Å². The highest BCUT2D eigenvalue weighted by Gasteiger charge is 2.25. The summed E-state index contributed by atoms with van der Waals surface area (Å²) in [6, 6.07) is 8.41. The molecule has 0 saturated heterocycles. The maximum atomic E-state index is 6.17. The molecule has 1 heterocycles. The Morgan fingerprint density at radius 1 is 1.24 bits per heavy atom. The Morgan fingerprint density at radius 3 is 2.71 bits per heavy atom. The van der Waals surface area contributed by atoms with Crippen molar-refractivity contribution in [1.82, 2.24) is 15.5 Å². The second-order valence-corrected chi connectivity index (χ2v) is 6.06. The van der Waals surface area contributed by atoms with E-state index in [1.54, 1.807) is 0 Å². The summed E-state index contributed by atoms with van der Waals surface area (Å²) < 4.78 is 5.46. The van der Waals surface area contributed by atoms with Gasteiger partial charge in [-0.1, -0.05) is 35.0 Å². The van der Waals surface area contributed by atoms with Crippen molar-refractivity contribution in [2.75, 3.05) is 7.05 Å². The maximum Gasteiger partial charge on any atom is 0.229 e. The quantitative estimate of drug-likeness (QED) is 0.938. The number of rotatable bonds is 4. The molecule has 1 N–H and O–H groups in total. The van der Waals surface area contributed by atoms with E-state index in [4.69, 9.17) is 16.1 Å². The molecule has 0 atom stereocenters. The molecule has 0 aliphatic heterocycles. The van der Waals surface area contributed by atoms with Crippen molar-refractivity contribution in [3.05, 3.63) is 46.6 Å². The molecule has 3 rings (SSSR count). The molecule has 5 heteroatoms. The summed E-state index contributed by atoms with van der Waals surface area (Å²) in [6.07, 6.45) is 5.18. The predicted molar refractivity (Wildman–Crippen MR) is 82.6 cm³/mol. The van der Waals surface area contributed by atoms with Gasteiger partial charge in [0, 0.05) is 23.4 Å². The lowest BCUT2D eigenvalue weighted by Crippen LogP contribution is -2.29. The lowest BCUT2D eigenvalue weighted by molar-refractivity contribution is 0.288. The molecule has 0 amide bonds. The van der Waals surface area contributed by atoms with Gasteiger partial charge in [0.25, 0.3) is 0 Å². The van der Waals surface area contributed by atoms with E-state index in [2.05, 4.69) is 15.5 Å². The molecule has 2 aromatic rings. The number of nitrogens with zero attached hydrogens (tertiary/aromatic N) is 2. The van der Waals surface area contributed by atoms with Gasteiger partial charge < -0.3 is 9.84 Å². The summed E-state index contributed by atoms with van der Waals surface area (Å²) in [6.45, 7) is 0. The predicted octanol–water partition coefficient (Wildman–Crippen LogP) is 3.56. The second-order valence-electron chi connectivity index (χ2n) is 5.65. The zero-order valence-corrected chi connectivity index (χ0v) is 12.9. The SMILES string of the molecule is CNC1CCC(c2nc(Cc3ccccc3Cl)no2)CC1. The Morgan fingerprint density at radius 2 is 2.00 bits per heavy atom. The first-order valence-electron chi connectivity index (χ1n) is 7.49. The van der Waals surface area contributed by atoms with Crippen LogP contribution in [0.15, 0.2) is 28.8 Å².